The molecule has 0 aliphatic carbocycles. The molecule has 0 bridgehead atoms. The van der Waals surface area contributed by atoms with E-state index in [4.69, 9.17) is 15.2 Å². The number of benzene rings is 1. The molecule has 3 N–H and O–H groups in total. The smallest absolute Gasteiger partial charge is 0.330 e. The Hall–Kier alpha value is -3.60. The number of carbonyl (C=O) groups is 2. The van der Waals surface area contributed by atoms with Gasteiger partial charge in [0.05, 0.1) is 31.9 Å². The van der Waals surface area contributed by atoms with Gasteiger partial charge in [0.15, 0.2) is 11.9 Å². The zero-order chi connectivity index (χ0) is 24.2. The van der Waals surface area contributed by atoms with E-state index in [1.807, 2.05) is 0 Å². The van der Waals surface area contributed by atoms with E-state index in [9.17, 15) is 19.2 Å². The van der Waals surface area contributed by atoms with E-state index in [0.29, 0.717) is 24.5 Å². The van der Waals surface area contributed by atoms with E-state index in [0.717, 1.165) is 23.8 Å². The molecule has 3 heterocycles. The third-order valence-electron chi connectivity index (χ3n) is 6.18. The number of Topliss-reactive ketones (excluding diaryl/α,β-unsaturated/α-hetero) is 1. The van der Waals surface area contributed by atoms with Crippen LogP contribution in [-0.2, 0) is 16.1 Å². The van der Waals surface area contributed by atoms with Crippen LogP contribution < -0.4 is 26.6 Å². The Labute approximate surface area is 196 Å². The van der Waals surface area contributed by atoms with Crippen LogP contribution in [0.2, 0.25) is 0 Å². The summed E-state index contributed by atoms with van der Waals surface area (Å²) < 4.78 is 12.1. The largest absolute Gasteiger partial charge is 0.477 e. The number of likely N-dealkylation sites (tertiary alicyclic amines) is 1. The van der Waals surface area contributed by atoms with Gasteiger partial charge in [0, 0.05) is 20.2 Å². The summed E-state index contributed by atoms with van der Waals surface area (Å²) in [5.74, 6) is -0.398. The molecule has 34 heavy (non-hydrogen) atoms. The van der Waals surface area contributed by atoms with Crippen LogP contribution in [0.3, 0.4) is 0 Å². The van der Waals surface area contributed by atoms with E-state index in [2.05, 4.69) is 4.98 Å². The number of H-pyrrole nitrogens is 1. The summed E-state index contributed by atoms with van der Waals surface area (Å²) in [6.45, 7) is 1.59. The van der Waals surface area contributed by atoms with Crippen LogP contribution in [0.4, 0.5) is 11.5 Å². The average molecular weight is 472 g/mol. The Bertz CT molecular complexity index is 1180. The molecule has 0 radical (unpaired) electrons. The maximum absolute atomic E-state index is 13.3. The zero-order valence-corrected chi connectivity index (χ0v) is 19.1. The van der Waals surface area contributed by atoms with Crippen LogP contribution in [0.5, 0.6) is 5.75 Å². The number of ether oxygens (including phenoxy) is 2. The number of anilines is 2. The van der Waals surface area contributed by atoms with Crippen molar-refractivity contribution in [3.8, 4) is 5.75 Å². The molecule has 2 aliphatic rings. The molecular weight excluding hydrogens is 442 g/mol. The van der Waals surface area contributed by atoms with Crippen molar-refractivity contribution < 1.29 is 19.1 Å². The number of aromatic amines is 1. The number of ketones is 1. The third-order valence-corrected chi connectivity index (χ3v) is 6.18. The number of piperidine rings is 1. The van der Waals surface area contributed by atoms with Crippen molar-refractivity contribution >= 4 is 23.2 Å². The van der Waals surface area contributed by atoms with Crippen LogP contribution in [0, 0.1) is 0 Å². The monoisotopic (exact) mass is 471 g/mol. The lowest BCUT2D eigenvalue weighted by Crippen LogP contribution is -2.52. The summed E-state index contributed by atoms with van der Waals surface area (Å²) in [4.78, 5) is 56.7. The van der Waals surface area contributed by atoms with Crippen LogP contribution in [0.15, 0.2) is 33.9 Å². The van der Waals surface area contributed by atoms with Gasteiger partial charge in [-0.25, -0.2) is 4.79 Å². The quantitative estimate of drug-likeness (QED) is 0.547. The first-order valence-electron chi connectivity index (χ1n) is 11.3. The molecule has 1 saturated heterocycles. The second kappa shape index (κ2) is 10.1. The first-order chi connectivity index (χ1) is 16.4. The van der Waals surface area contributed by atoms with Crippen molar-refractivity contribution in [3.05, 3.63) is 50.7 Å². The molecule has 1 aromatic heterocycles. The Kier molecular flexibility index (Phi) is 7.01. The number of hydrogen-bond donors (Lipinski definition) is 2. The Morgan fingerprint density at radius 3 is 2.65 bits per heavy atom. The number of hydrogen-bond acceptors (Lipinski definition) is 8. The highest BCUT2D eigenvalue weighted by atomic mass is 16.5. The van der Waals surface area contributed by atoms with Crippen molar-refractivity contribution in [2.75, 3.05) is 50.5 Å². The summed E-state index contributed by atoms with van der Waals surface area (Å²) in [7, 11) is 1.47. The summed E-state index contributed by atoms with van der Waals surface area (Å²) >= 11 is 0. The first-order valence-corrected chi connectivity index (χ1v) is 11.3. The van der Waals surface area contributed by atoms with Crippen molar-refractivity contribution in [3.63, 3.8) is 0 Å². The SMILES string of the molecule is COCCn1c(N)c(C(=O)CN2CC(C(=O)N3CCCCC3)Oc3ccccc32)c(=O)[nH]c1=O. The molecule has 2 aliphatic heterocycles. The standard InChI is InChI=1S/C23H29N5O6/c1-33-12-11-28-20(24)19(21(30)25-23(28)32)16(29)13-27-14-18(22(31)26-9-5-2-6-10-26)34-17-8-4-3-7-15(17)27/h3-4,7-8,18H,2,5-6,9-14,24H2,1H3,(H,25,30,32). The predicted octanol–water partition coefficient (Wildman–Crippen LogP) is 0.228. The minimum absolute atomic E-state index is 0.0883. The zero-order valence-electron chi connectivity index (χ0n) is 19.1. The second-order valence-electron chi connectivity index (χ2n) is 8.43. The molecule has 0 spiro atoms. The summed E-state index contributed by atoms with van der Waals surface area (Å²) in [6, 6.07) is 7.13. The summed E-state index contributed by atoms with van der Waals surface area (Å²) in [6.07, 6.45) is 2.24. The summed E-state index contributed by atoms with van der Waals surface area (Å²) in [5, 5.41) is 0. The average Bonchev–Trinajstić information content (AvgIpc) is 2.83. The van der Waals surface area contributed by atoms with Gasteiger partial charge in [-0.15, -0.1) is 0 Å². The maximum atomic E-state index is 13.3. The van der Waals surface area contributed by atoms with Crippen molar-refractivity contribution in [2.45, 2.75) is 31.9 Å². The Balaban J connectivity index is 1.61. The summed E-state index contributed by atoms with van der Waals surface area (Å²) in [5.41, 5.74) is 4.86. The van der Waals surface area contributed by atoms with Crippen LogP contribution in [0.25, 0.3) is 0 Å². The van der Waals surface area contributed by atoms with Gasteiger partial charge in [0.25, 0.3) is 11.5 Å². The lowest BCUT2D eigenvalue weighted by molar-refractivity contribution is -0.139. The molecule has 1 fully saturated rings. The van der Waals surface area contributed by atoms with E-state index >= 15 is 0 Å². The highest BCUT2D eigenvalue weighted by Gasteiger charge is 2.35. The third kappa shape index (κ3) is 4.69. The number of methoxy groups -OCH3 is 1. The van der Waals surface area contributed by atoms with Gasteiger partial charge in [-0.05, 0) is 31.4 Å². The minimum Gasteiger partial charge on any atom is -0.477 e. The fourth-order valence-electron chi connectivity index (χ4n) is 4.42. The van der Waals surface area contributed by atoms with Gasteiger partial charge in [0.2, 0.25) is 0 Å². The van der Waals surface area contributed by atoms with Gasteiger partial charge in [-0.3, -0.25) is 23.9 Å². The van der Waals surface area contributed by atoms with E-state index in [1.165, 1.54) is 7.11 Å². The molecule has 2 aromatic rings. The molecule has 1 amide bonds. The normalized spacial score (nSPS) is 17.7. The van der Waals surface area contributed by atoms with Crippen LogP contribution in [0.1, 0.15) is 29.6 Å². The highest BCUT2D eigenvalue weighted by molar-refractivity contribution is 6.02. The number of para-hydroxylation sites is 2. The lowest BCUT2D eigenvalue weighted by Gasteiger charge is -2.38. The number of nitrogen functional groups attached to an aromatic ring is 1. The molecule has 0 saturated carbocycles. The first kappa shape index (κ1) is 23.6. The number of rotatable bonds is 7. The Morgan fingerprint density at radius 1 is 1.18 bits per heavy atom. The van der Waals surface area contributed by atoms with E-state index < -0.39 is 23.1 Å². The number of fused-ring (bicyclic) bond motifs is 1. The molecule has 182 valence electrons. The number of nitrogens with zero attached hydrogens (tertiary/aromatic N) is 3. The van der Waals surface area contributed by atoms with Crippen LogP contribution >= 0.6 is 0 Å². The van der Waals surface area contributed by atoms with Crippen LogP contribution in [-0.4, -0.2) is 72.1 Å². The topological polar surface area (TPSA) is 140 Å². The number of nitrogens with one attached hydrogen (secondary N) is 1. The van der Waals surface area contributed by atoms with E-state index in [-0.39, 0.29) is 43.5 Å². The molecule has 11 nitrogen and oxygen atoms in total. The van der Waals surface area contributed by atoms with Gasteiger partial charge in [-0.1, -0.05) is 12.1 Å². The highest BCUT2D eigenvalue weighted by Crippen LogP contribution is 2.33. The number of nitrogens with two attached hydrogens (primary N) is 1. The number of amides is 1. The minimum atomic E-state index is -0.844. The van der Waals surface area contributed by atoms with E-state index in [1.54, 1.807) is 34.1 Å². The van der Waals surface area contributed by atoms with Crippen molar-refractivity contribution in [1.29, 1.82) is 0 Å². The molecule has 1 atom stereocenters. The second-order valence-corrected chi connectivity index (χ2v) is 8.43. The predicted molar refractivity (Wildman–Crippen MR) is 125 cm³/mol. The fraction of sp³-hybridized carbons (Fsp3) is 0.478. The molecule has 4 rings (SSSR count). The van der Waals surface area contributed by atoms with Gasteiger partial charge in [0.1, 0.15) is 17.1 Å². The number of carbonyl (C=O) groups excluding carboxylic acids is 2. The maximum Gasteiger partial charge on any atom is 0.330 e. The Morgan fingerprint density at radius 2 is 1.91 bits per heavy atom. The van der Waals surface area contributed by atoms with Crippen molar-refractivity contribution in [1.82, 2.24) is 14.5 Å². The van der Waals surface area contributed by atoms with Gasteiger partial charge < -0.3 is 25.0 Å². The van der Waals surface area contributed by atoms with Gasteiger partial charge >= 0.3 is 5.69 Å². The van der Waals surface area contributed by atoms with Crippen molar-refractivity contribution in [2.24, 2.45) is 0 Å². The molecule has 1 unspecified atom stereocenters. The lowest BCUT2D eigenvalue weighted by atomic mass is 10.1. The molecule has 1 aromatic carbocycles. The number of aromatic nitrogens is 2. The van der Waals surface area contributed by atoms with Gasteiger partial charge in [-0.2, -0.15) is 0 Å². The molecular formula is C23H29N5O6. The molecule has 11 heteroatoms. The fourth-order valence-corrected chi connectivity index (χ4v) is 4.42.